The van der Waals surface area contributed by atoms with Crippen molar-refractivity contribution < 1.29 is 216 Å². The number of aliphatic carboxylic acids is 1. The van der Waals surface area contributed by atoms with Crippen LogP contribution >= 0.6 is 35.2 Å². The number of benzene rings is 3. The van der Waals surface area contributed by atoms with Crippen molar-refractivity contribution in [3.63, 3.8) is 0 Å². The molecule has 0 aliphatic carbocycles. The maximum Gasteiger partial charge on any atom is 1.00 e. The van der Waals surface area contributed by atoms with E-state index in [1.54, 1.807) is 55.4 Å². The summed E-state index contributed by atoms with van der Waals surface area (Å²) in [5.41, 5.74) is 3.31. The third-order valence-corrected chi connectivity index (χ3v) is 15.5. The molecule has 0 radical (unpaired) electrons. The van der Waals surface area contributed by atoms with Crippen LogP contribution in [0.2, 0.25) is 0 Å². The molecule has 0 aromatic heterocycles. The number of thiol groups is 1. The smallest absolute Gasteiger partial charge is 0.742 e. The van der Waals surface area contributed by atoms with E-state index >= 15 is 0 Å². The molecule has 0 spiro atoms. The van der Waals surface area contributed by atoms with Crippen LogP contribution < -0.4 is 51.4 Å². The Bertz CT molecular complexity index is 3150. The van der Waals surface area contributed by atoms with Gasteiger partial charge in [-0.3, -0.25) is 13.2 Å². The molecule has 43 heteroatoms. The first-order chi connectivity index (χ1) is 54.0. The summed E-state index contributed by atoms with van der Waals surface area (Å²) in [4.78, 5) is 84.3. The molecule has 3 aromatic carbocycles. The van der Waals surface area contributed by atoms with E-state index in [4.69, 9.17) is 78.0 Å². The van der Waals surface area contributed by atoms with Gasteiger partial charge in [0.1, 0.15) is 6.10 Å². The molecule has 0 bridgehead atoms. The van der Waals surface area contributed by atoms with Gasteiger partial charge < -0.3 is 110 Å². The van der Waals surface area contributed by atoms with E-state index in [2.05, 4.69) is 47.8 Å². The molecule has 0 aliphatic heterocycles. The van der Waals surface area contributed by atoms with E-state index in [1.807, 2.05) is 91.0 Å². The van der Waals surface area contributed by atoms with Gasteiger partial charge in [0.2, 0.25) is 0 Å². The van der Waals surface area contributed by atoms with Gasteiger partial charge in [-0.25, -0.2) is 37.2 Å². The first-order valence-corrected chi connectivity index (χ1v) is 44.7. The van der Waals surface area contributed by atoms with Crippen molar-refractivity contribution in [3.8, 4) is 0 Å². The maximum atomic E-state index is 11.2. The number of carbonyl (C=O) groups is 8. The second-order valence-electron chi connectivity index (χ2n) is 21.3. The summed E-state index contributed by atoms with van der Waals surface area (Å²) in [6, 6.07) is 29.5. The monoisotopic (exact) mass is 1830 g/mol. The van der Waals surface area contributed by atoms with E-state index in [9.17, 15) is 63.6 Å². The molecule has 672 valence electrons. The second-order valence-corrected chi connectivity index (χ2v) is 31.5. The number of carbonyl (C=O) groups excluding carboxylic acids is 7. The van der Waals surface area contributed by atoms with Gasteiger partial charge in [0, 0.05) is 29.8 Å². The molecule has 0 aliphatic rings. The van der Waals surface area contributed by atoms with Crippen LogP contribution in [0.3, 0.4) is 0 Å². The van der Waals surface area contributed by atoms with Crippen LogP contribution in [0.25, 0.3) is 0 Å². The minimum absolute atomic E-state index is 0. The summed E-state index contributed by atoms with van der Waals surface area (Å²) in [5.74, 6) is -1.93. The zero-order valence-electron chi connectivity index (χ0n) is 70.0. The number of hydrogen-bond donors (Lipinski definition) is 7. The van der Waals surface area contributed by atoms with Gasteiger partial charge >= 0.3 is 87.2 Å². The largest absolute Gasteiger partial charge is 1.00 e. The zero-order chi connectivity index (χ0) is 89.9. The molecule has 0 fully saturated rings. The van der Waals surface area contributed by atoms with Gasteiger partial charge in [-0.15, -0.1) is 0 Å². The molecule has 0 heterocycles. The Labute approximate surface area is 748 Å². The zero-order valence-corrected chi connectivity index (χ0v) is 78.9. The van der Waals surface area contributed by atoms with Gasteiger partial charge in [0.05, 0.1) is 158 Å². The Morgan fingerprint density at radius 1 is 0.422 bits per heavy atom. The number of aliphatic hydroxyl groups excluding tert-OH is 5. The van der Waals surface area contributed by atoms with Gasteiger partial charge in [-0.2, -0.15) is 29.5 Å². The normalized spacial score (nSPS) is 11.7. The number of aliphatic hydroxyl groups is 5. The number of carboxylic acids is 1. The van der Waals surface area contributed by atoms with Crippen LogP contribution in [0.4, 0.5) is 0 Å². The van der Waals surface area contributed by atoms with Crippen molar-refractivity contribution in [3.05, 3.63) is 108 Å². The van der Waals surface area contributed by atoms with E-state index in [-0.39, 0.29) is 146 Å². The molecule has 6 N–H and O–H groups in total. The molecule has 3 rings (SSSR count). The quantitative estimate of drug-likeness (QED) is 0.00624. The Balaban J connectivity index is -0.000000158. The fourth-order valence-corrected chi connectivity index (χ4v) is 7.12. The summed E-state index contributed by atoms with van der Waals surface area (Å²) >= 11 is 9.01. The van der Waals surface area contributed by atoms with Crippen LogP contribution in [-0.4, -0.2) is 301 Å². The van der Waals surface area contributed by atoms with Gasteiger partial charge in [-0.05, 0) is 117 Å². The van der Waals surface area contributed by atoms with E-state index in [1.165, 1.54) is 58.9 Å². The molecular formula is C73H127KO35S7. The number of hydrogen-bond acceptors (Lipinski definition) is 38. The fourth-order valence-electron chi connectivity index (χ4n) is 5.81. The summed E-state index contributed by atoms with van der Waals surface area (Å²) in [6.07, 6.45) is 0.592. The molecule has 0 saturated heterocycles. The summed E-state index contributed by atoms with van der Waals surface area (Å²) in [7, 11) is -8.69. The predicted octanol–water partition coefficient (Wildman–Crippen LogP) is 2.36. The first-order valence-electron chi connectivity index (χ1n) is 35.4. The minimum Gasteiger partial charge on any atom is -0.742 e. The number of thioether (sulfide) groups is 1. The van der Waals surface area contributed by atoms with Crippen LogP contribution in [0.1, 0.15) is 107 Å². The van der Waals surface area contributed by atoms with Crippen molar-refractivity contribution in [2.24, 2.45) is 0 Å². The first kappa shape index (κ1) is 130. The van der Waals surface area contributed by atoms with Crippen LogP contribution in [-0.2, 0) is 170 Å². The van der Waals surface area contributed by atoms with E-state index in [0.29, 0.717) is 90.8 Å². The van der Waals surface area contributed by atoms with E-state index in [0.717, 1.165) is 40.0 Å². The van der Waals surface area contributed by atoms with Crippen LogP contribution in [0.15, 0.2) is 91.0 Å². The standard InChI is InChI=1S/C14H20O4.C10H14O4S.C9H16O4S.C9H12O2.C8H16O6S.C7H14O4.C5H10O3S.C5H10O3.C2H6O2S2.C2H6O2.C2H4OS.K/c1-3-17-14(15)12(2)18-10-9-16-11-13-7-5-4-6-8-13;1-15(11,12)14-8-7-13-9-10-5-3-2-4-6-10;1-4-12-9(11)7(2)13-5-6-14-8(3)10;10-6-7-11-8-9-4-2-1-3-5-9;1-4-12-8(9)7(2)13-5-6-14-15(3,10)11;1-3-10-7(9)6(2)11-5-4-8;1-4(5(6)7)8-2-3-9;1-3-8-5(7)4(2)6;1-5-6(2,3)4;3-1-2-4;1-2(3)4;/h4-8,12H,3,9-11H2,1-2H3;2-6H,7-9H2,1H3;7H,4-6H2,1-3H3;1-5,10H,6-8H2;7H,4-6H2,1-3H3;6,8H,3-5H2,1-2H3;4,9H,2-3H2,1H3,(H,6,7);4,6H,3H2,1-2H3;1-2H3;3-4H,1-2H2;1H3,(H,3,4);/q;;;;;;;;;;;+1/p-1/t12-;;7-;;7-;6-;2*4-;;;;/m0.0.0000..../s1. The molecule has 35 nitrogen and oxygen atoms in total. The molecule has 0 unspecified atom stereocenters. The van der Waals surface area contributed by atoms with Crippen LogP contribution in [0.5, 0.6) is 0 Å². The molecule has 0 saturated carbocycles. The average molecular weight is 1830 g/mol. The fraction of sp³-hybridized carbons (Fsp3) is 0.644. The number of esters is 5. The third kappa shape index (κ3) is 112. The second kappa shape index (κ2) is 91.7. The van der Waals surface area contributed by atoms with Gasteiger partial charge in [0.15, 0.2) is 44.5 Å². The van der Waals surface area contributed by atoms with E-state index < -0.39 is 83.6 Å². The van der Waals surface area contributed by atoms with Crippen LogP contribution in [0, 0.1) is 0 Å². The van der Waals surface area contributed by atoms with Gasteiger partial charge in [-0.1, -0.05) is 103 Å². The minimum atomic E-state index is -3.45. The Hall–Kier alpha value is -4.02. The molecule has 6 atom stereocenters. The predicted molar refractivity (Wildman–Crippen MR) is 441 cm³/mol. The van der Waals surface area contributed by atoms with Crippen molar-refractivity contribution in [2.75, 3.05) is 162 Å². The van der Waals surface area contributed by atoms with Crippen molar-refractivity contribution in [1.82, 2.24) is 0 Å². The summed E-state index contributed by atoms with van der Waals surface area (Å²) < 4.78 is 135. The Morgan fingerprint density at radius 2 is 0.690 bits per heavy atom. The molecule has 0 amide bonds. The van der Waals surface area contributed by atoms with Crippen molar-refractivity contribution in [2.45, 2.75) is 146 Å². The van der Waals surface area contributed by atoms with Crippen molar-refractivity contribution in [1.29, 1.82) is 0 Å². The topological polar surface area (TPSA) is 499 Å². The third-order valence-electron chi connectivity index (χ3n) is 11.0. The number of carboxylic acid groups (broad SMARTS) is 1. The number of rotatable bonds is 44. The van der Waals surface area contributed by atoms with Gasteiger partial charge in [0.25, 0.3) is 20.2 Å². The molecule has 3 aromatic rings. The van der Waals surface area contributed by atoms with Crippen molar-refractivity contribution >= 4 is 123 Å². The Morgan fingerprint density at radius 3 is 0.940 bits per heavy atom. The molecule has 116 heavy (non-hydrogen) atoms. The number of ether oxygens (including phenoxy) is 13. The summed E-state index contributed by atoms with van der Waals surface area (Å²) in [5, 5.41) is 48.6. The SMILES string of the molecule is CC(=O)[S-].CCOC(=O)[C@H](C)O.CCOC(=O)[C@H](C)OCCO.CCOC(=O)[C@H](C)OCCOCc1ccccc1.CCOC(=O)[C@H](C)OCCOS(C)(=O)=O.CCOC(=O)[C@H](C)OCCSC(C)=O.CS(=O)(=O)OCCOCc1ccccc1.CSS(C)(=O)=O.C[C@H](OCCS)C(=O)O.OCCO.OCCOCc1ccccc1.[K+]. The molecular weight excluding hydrogens is 1700 g/mol. The average Bonchev–Trinajstić information content (AvgIpc) is 0.970. The summed E-state index contributed by atoms with van der Waals surface area (Å²) in [6.45, 7) is 26.2. The Kier molecular flexibility index (Phi) is 103. The maximum absolute atomic E-state index is 11.2.